The summed E-state index contributed by atoms with van der Waals surface area (Å²) in [5.41, 5.74) is 0.181. The Labute approximate surface area is 181 Å². The van der Waals surface area contributed by atoms with Gasteiger partial charge in [-0.1, -0.05) is 12.1 Å². The summed E-state index contributed by atoms with van der Waals surface area (Å²) >= 11 is 0. The maximum Gasteiger partial charge on any atom is 0.408 e. The number of carbonyl (C=O) groups is 1. The first-order valence-corrected chi connectivity index (χ1v) is 10.2. The van der Waals surface area contributed by atoms with Crippen LogP contribution in [0.15, 0.2) is 36.5 Å². The summed E-state index contributed by atoms with van der Waals surface area (Å²) in [5, 5.41) is 14.6. The van der Waals surface area contributed by atoms with E-state index in [0.29, 0.717) is 42.6 Å². The van der Waals surface area contributed by atoms with Crippen LogP contribution in [0.25, 0.3) is 10.9 Å². The first-order chi connectivity index (χ1) is 15.0. The molecule has 10 heteroatoms. The number of nitrogens with zero attached hydrogens (tertiary/aromatic N) is 4. The first-order valence-electron chi connectivity index (χ1n) is 10.2. The Bertz CT molecular complexity index is 1150. The van der Waals surface area contributed by atoms with Crippen molar-refractivity contribution in [1.82, 2.24) is 19.7 Å². The van der Waals surface area contributed by atoms with Crippen LogP contribution < -0.4 is 0 Å². The fourth-order valence-electron chi connectivity index (χ4n) is 3.87. The van der Waals surface area contributed by atoms with Gasteiger partial charge in [0.25, 0.3) is 5.91 Å². The number of hydrogen-bond donors (Lipinski definition) is 1. The Kier molecular flexibility index (Phi) is 5.66. The van der Waals surface area contributed by atoms with Crippen molar-refractivity contribution in [1.29, 1.82) is 0 Å². The molecule has 1 aliphatic rings. The van der Waals surface area contributed by atoms with Gasteiger partial charge in [-0.15, -0.1) is 0 Å². The molecule has 0 unspecified atom stereocenters. The zero-order valence-electron chi connectivity index (χ0n) is 17.4. The quantitative estimate of drug-likeness (QED) is 0.616. The SMILES string of the molecule is CC1(O)CCN(C(=O)c2cc3c(cn2)c(Cc2cccc(F)c2)nn3CC(F)(F)F)CC1. The average molecular weight is 450 g/mol. The summed E-state index contributed by atoms with van der Waals surface area (Å²) < 4.78 is 53.8. The number of likely N-dealkylation sites (tertiary alicyclic amines) is 1. The minimum Gasteiger partial charge on any atom is -0.390 e. The maximum absolute atomic E-state index is 13.5. The number of halogens is 4. The molecule has 6 nitrogen and oxygen atoms in total. The van der Waals surface area contributed by atoms with Crippen molar-refractivity contribution in [2.45, 2.75) is 44.5 Å². The second-order valence-electron chi connectivity index (χ2n) is 8.40. The van der Waals surface area contributed by atoms with Crippen LogP contribution in [0.4, 0.5) is 17.6 Å². The van der Waals surface area contributed by atoms with E-state index in [1.54, 1.807) is 13.0 Å². The third kappa shape index (κ3) is 4.90. The van der Waals surface area contributed by atoms with Crippen LogP contribution in [0.5, 0.6) is 0 Å². The van der Waals surface area contributed by atoms with E-state index in [0.717, 1.165) is 4.68 Å². The summed E-state index contributed by atoms with van der Waals surface area (Å²) in [4.78, 5) is 18.6. The van der Waals surface area contributed by atoms with Crippen LogP contribution >= 0.6 is 0 Å². The molecular weight excluding hydrogens is 428 g/mol. The third-order valence-electron chi connectivity index (χ3n) is 5.65. The standard InChI is InChI=1S/C22H22F4N4O2/c1-21(32)5-7-29(8-6-21)20(31)18-11-19-16(12-27-18)17(28-30(19)13-22(24,25)26)10-14-3-2-4-15(23)9-14/h2-4,9,11-12,32H,5-8,10,13H2,1H3. The van der Waals surface area contributed by atoms with Gasteiger partial charge in [-0.3, -0.25) is 14.5 Å². The summed E-state index contributed by atoms with van der Waals surface area (Å²) in [6.45, 7) is 1.04. The van der Waals surface area contributed by atoms with Crippen LogP contribution in [0, 0.1) is 5.82 Å². The molecule has 170 valence electrons. The molecule has 0 radical (unpaired) electrons. The molecule has 1 aliphatic heterocycles. The van der Waals surface area contributed by atoms with Gasteiger partial charge in [0, 0.05) is 31.1 Å². The van der Waals surface area contributed by atoms with Gasteiger partial charge >= 0.3 is 6.18 Å². The molecule has 1 aromatic carbocycles. The molecule has 2 aromatic heterocycles. The number of amides is 1. The highest BCUT2D eigenvalue weighted by atomic mass is 19.4. The van der Waals surface area contributed by atoms with Crippen molar-refractivity contribution in [3.05, 3.63) is 59.3 Å². The topological polar surface area (TPSA) is 71.2 Å². The highest BCUT2D eigenvalue weighted by Crippen LogP contribution is 2.27. The van der Waals surface area contributed by atoms with E-state index in [-0.39, 0.29) is 17.6 Å². The molecule has 1 fully saturated rings. The first kappa shape index (κ1) is 22.2. The lowest BCUT2D eigenvalue weighted by molar-refractivity contribution is -0.141. The number of pyridine rings is 1. The van der Waals surface area contributed by atoms with E-state index < -0.39 is 30.0 Å². The minimum atomic E-state index is -4.51. The lowest BCUT2D eigenvalue weighted by Gasteiger charge is -2.35. The smallest absolute Gasteiger partial charge is 0.390 e. The number of alkyl halides is 3. The van der Waals surface area contributed by atoms with Crippen LogP contribution in [0.2, 0.25) is 0 Å². The van der Waals surface area contributed by atoms with Gasteiger partial charge in [0.1, 0.15) is 18.1 Å². The highest BCUT2D eigenvalue weighted by Gasteiger charge is 2.32. The Morgan fingerprint density at radius 1 is 1.22 bits per heavy atom. The Morgan fingerprint density at radius 3 is 2.59 bits per heavy atom. The van der Waals surface area contributed by atoms with Gasteiger partial charge in [-0.05, 0) is 43.5 Å². The molecule has 0 spiro atoms. The fourth-order valence-corrected chi connectivity index (χ4v) is 3.87. The van der Waals surface area contributed by atoms with Crippen LogP contribution in [0.3, 0.4) is 0 Å². The zero-order valence-corrected chi connectivity index (χ0v) is 17.4. The number of piperidine rings is 1. The van der Waals surface area contributed by atoms with Gasteiger partial charge < -0.3 is 10.0 Å². The second-order valence-corrected chi connectivity index (χ2v) is 8.40. The molecule has 0 bridgehead atoms. The van der Waals surface area contributed by atoms with Gasteiger partial charge in [0.15, 0.2) is 0 Å². The lowest BCUT2D eigenvalue weighted by atomic mass is 9.94. The van der Waals surface area contributed by atoms with Crippen molar-refractivity contribution < 1.29 is 27.5 Å². The van der Waals surface area contributed by atoms with Crippen molar-refractivity contribution in [2.24, 2.45) is 0 Å². The van der Waals surface area contributed by atoms with Crippen molar-refractivity contribution in [3.63, 3.8) is 0 Å². The van der Waals surface area contributed by atoms with E-state index in [1.807, 2.05) is 0 Å². The molecule has 1 saturated heterocycles. The average Bonchev–Trinajstić information content (AvgIpc) is 3.02. The van der Waals surface area contributed by atoms with Crippen molar-refractivity contribution in [2.75, 3.05) is 13.1 Å². The summed E-state index contributed by atoms with van der Waals surface area (Å²) in [7, 11) is 0. The summed E-state index contributed by atoms with van der Waals surface area (Å²) in [5.74, 6) is -0.859. The van der Waals surface area contributed by atoms with E-state index in [1.165, 1.54) is 35.4 Å². The number of rotatable bonds is 4. The van der Waals surface area contributed by atoms with Gasteiger partial charge in [0.2, 0.25) is 0 Å². The Morgan fingerprint density at radius 2 is 1.94 bits per heavy atom. The molecule has 1 amide bonds. The summed E-state index contributed by atoms with van der Waals surface area (Å²) in [6, 6.07) is 7.07. The fraction of sp³-hybridized carbons (Fsp3) is 0.409. The number of hydrogen-bond acceptors (Lipinski definition) is 4. The lowest BCUT2D eigenvalue weighted by Crippen LogP contribution is -2.45. The Balaban J connectivity index is 1.69. The number of fused-ring (bicyclic) bond motifs is 1. The summed E-state index contributed by atoms with van der Waals surface area (Å²) in [6.07, 6.45) is -2.23. The molecule has 1 N–H and O–H groups in total. The monoisotopic (exact) mass is 450 g/mol. The molecule has 4 rings (SSSR count). The van der Waals surface area contributed by atoms with E-state index in [2.05, 4.69) is 10.1 Å². The van der Waals surface area contributed by atoms with Crippen molar-refractivity contribution in [3.8, 4) is 0 Å². The van der Waals surface area contributed by atoms with Gasteiger partial charge in [-0.2, -0.15) is 18.3 Å². The predicted octanol–water partition coefficient (Wildman–Crippen LogP) is 3.71. The molecule has 3 aromatic rings. The van der Waals surface area contributed by atoms with E-state index in [4.69, 9.17) is 0 Å². The van der Waals surface area contributed by atoms with Crippen LogP contribution in [-0.4, -0.2) is 55.5 Å². The number of benzene rings is 1. The van der Waals surface area contributed by atoms with Gasteiger partial charge in [0.05, 0.1) is 16.8 Å². The zero-order chi connectivity index (χ0) is 23.1. The Hall–Kier alpha value is -3.01. The molecule has 3 heterocycles. The predicted molar refractivity (Wildman–Crippen MR) is 109 cm³/mol. The van der Waals surface area contributed by atoms with Crippen LogP contribution in [-0.2, 0) is 13.0 Å². The van der Waals surface area contributed by atoms with E-state index >= 15 is 0 Å². The van der Waals surface area contributed by atoms with Crippen molar-refractivity contribution >= 4 is 16.8 Å². The maximum atomic E-state index is 13.5. The number of aromatic nitrogens is 3. The highest BCUT2D eigenvalue weighted by molar-refractivity contribution is 5.96. The van der Waals surface area contributed by atoms with Gasteiger partial charge in [-0.25, -0.2) is 4.39 Å². The molecule has 0 atom stereocenters. The third-order valence-corrected chi connectivity index (χ3v) is 5.65. The van der Waals surface area contributed by atoms with Crippen LogP contribution in [0.1, 0.15) is 41.5 Å². The number of aliphatic hydroxyl groups is 1. The number of carbonyl (C=O) groups excluding carboxylic acids is 1. The molecule has 0 saturated carbocycles. The largest absolute Gasteiger partial charge is 0.408 e. The molecule has 0 aliphatic carbocycles. The second kappa shape index (κ2) is 8.16. The molecular formula is C22H22F4N4O2. The van der Waals surface area contributed by atoms with E-state index in [9.17, 15) is 27.5 Å². The molecule has 32 heavy (non-hydrogen) atoms. The normalized spacial score (nSPS) is 16.5. The minimum absolute atomic E-state index is 0.0136.